The predicted molar refractivity (Wildman–Crippen MR) is 105 cm³/mol. The Balaban J connectivity index is 1.50. The second-order valence-corrected chi connectivity index (χ2v) is 6.86. The number of carbonyl (C=O) groups excluding carboxylic acids is 1. The maximum absolute atomic E-state index is 12.5. The van der Waals surface area contributed by atoms with Crippen molar-refractivity contribution in [2.24, 2.45) is 0 Å². The lowest BCUT2D eigenvalue weighted by Gasteiger charge is -2.34. The molecule has 1 heterocycles. The molecule has 0 spiro atoms. The third-order valence-electron chi connectivity index (χ3n) is 4.85. The molecule has 1 N–H and O–H groups in total. The van der Waals surface area contributed by atoms with Crippen molar-refractivity contribution >= 4 is 11.7 Å². The minimum Gasteiger partial charge on any atom is -0.497 e. The fourth-order valence-corrected chi connectivity index (χ4v) is 3.25. The second kappa shape index (κ2) is 8.23. The van der Waals surface area contributed by atoms with E-state index < -0.39 is 0 Å². The van der Waals surface area contributed by atoms with Crippen LogP contribution in [-0.2, 0) is 6.54 Å². The van der Waals surface area contributed by atoms with Crippen LogP contribution in [0.2, 0.25) is 0 Å². The van der Waals surface area contributed by atoms with Gasteiger partial charge in [-0.25, -0.2) is 4.79 Å². The average molecular weight is 353 g/mol. The first-order valence-electron chi connectivity index (χ1n) is 9.03. The summed E-state index contributed by atoms with van der Waals surface area (Å²) in [6.07, 6.45) is 0. The highest BCUT2D eigenvalue weighted by atomic mass is 16.5. The van der Waals surface area contributed by atoms with Gasteiger partial charge in [-0.15, -0.1) is 0 Å². The fourth-order valence-electron chi connectivity index (χ4n) is 3.25. The van der Waals surface area contributed by atoms with Gasteiger partial charge in [-0.3, -0.25) is 4.90 Å². The third-order valence-corrected chi connectivity index (χ3v) is 4.85. The van der Waals surface area contributed by atoms with Crippen molar-refractivity contribution in [1.82, 2.24) is 9.80 Å². The van der Waals surface area contributed by atoms with Gasteiger partial charge in [-0.1, -0.05) is 29.8 Å². The number of anilines is 1. The molecule has 3 rings (SSSR count). The molecular formula is C21H27N3O2. The molecule has 0 radical (unpaired) electrons. The van der Waals surface area contributed by atoms with E-state index in [1.807, 2.05) is 36.1 Å². The molecule has 2 aromatic carbocycles. The van der Waals surface area contributed by atoms with Crippen LogP contribution >= 0.6 is 0 Å². The first-order valence-corrected chi connectivity index (χ1v) is 9.03. The number of nitrogens with zero attached hydrogens (tertiary/aromatic N) is 2. The summed E-state index contributed by atoms with van der Waals surface area (Å²) >= 11 is 0. The number of amides is 2. The minimum absolute atomic E-state index is 0.0129. The summed E-state index contributed by atoms with van der Waals surface area (Å²) in [5, 5.41) is 3.04. The summed E-state index contributed by atoms with van der Waals surface area (Å²) < 4.78 is 5.20. The number of ether oxygens (including phenoxy) is 1. The van der Waals surface area contributed by atoms with Gasteiger partial charge in [-0.05, 0) is 43.2 Å². The largest absolute Gasteiger partial charge is 0.497 e. The molecule has 2 amide bonds. The quantitative estimate of drug-likeness (QED) is 0.912. The van der Waals surface area contributed by atoms with E-state index in [4.69, 9.17) is 4.74 Å². The molecule has 1 saturated heterocycles. The summed E-state index contributed by atoms with van der Waals surface area (Å²) in [7, 11) is 1.68. The van der Waals surface area contributed by atoms with Crippen LogP contribution in [0.1, 0.15) is 16.7 Å². The molecule has 0 aromatic heterocycles. The molecule has 5 nitrogen and oxygen atoms in total. The molecule has 0 aliphatic carbocycles. The topological polar surface area (TPSA) is 44.8 Å². The lowest BCUT2D eigenvalue weighted by atomic mass is 10.1. The van der Waals surface area contributed by atoms with Gasteiger partial charge in [0.1, 0.15) is 5.75 Å². The summed E-state index contributed by atoms with van der Waals surface area (Å²) in [4.78, 5) is 16.8. The fraction of sp³-hybridized carbons (Fsp3) is 0.381. The predicted octanol–water partition coefficient (Wildman–Crippen LogP) is 3.66. The van der Waals surface area contributed by atoms with Crippen molar-refractivity contribution in [3.63, 3.8) is 0 Å². The molecule has 5 heteroatoms. The van der Waals surface area contributed by atoms with Crippen LogP contribution < -0.4 is 10.1 Å². The van der Waals surface area contributed by atoms with Crippen LogP contribution in [0.5, 0.6) is 5.75 Å². The van der Waals surface area contributed by atoms with E-state index in [0.29, 0.717) is 0 Å². The Labute approximate surface area is 155 Å². The number of benzene rings is 2. The zero-order valence-corrected chi connectivity index (χ0v) is 15.8. The molecule has 0 unspecified atom stereocenters. The second-order valence-electron chi connectivity index (χ2n) is 6.86. The van der Waals surface area contributed by atoms with Crippen LogP contribution in [0, 0.1) is 13.8 Å². The van der Waals surface area contributed by atoms with Gasteiger partial charge < -0.3 is 15.0 Å². The maximum atomic E-state index is 12.5. The zero-order valence-electron chi connectivity index (χ0n) is 15.8. The molecule has 1 aliphatic rings. The average Bonchev–Trinajstić information content (AvgIpc) is 2.65. The number of hydrogen-bond donors (Lipinski definition) is 1. The highest BCUT2D eigenvalue weighted by Gasteiger charge is 2.21. The van der Waals surface area contributed by atoms with E-state index in [1.54, 1.807) is 7.11 Å². The number of carbonyl (C=O) groups is 1. The number of urea groups is 1. The highest BCUT2D eigenvalue weighted by molar-refractivity contribution is 5.90. The SMILES string of the molecule is COc1ccc(CN2CCN(C(=O)Nc3ccc(C)cc3C)CC2)cc1. The summed E-state index contributed by atoms with van der Waals surface area (Å²) in [5.41, 5.74) is 4.45. The number of methoxy groups -OCH3 is 1. The molecular weight excluding hydrogens is 326 g/mol. The van der Waals surface area contributed by atoms with Crippen LogP contribution in [-0.4, -0.2) is 49.1 Å². The number of nitrogens with one attached hydrogen (secondary N) is 1. The number of hydrogen-bond acceptors (Lipinski definition) is 3. The first kappa shape index (κ1) is 18.3. The summed E-state index contributed by atoms with van der Waals surface area (Å²) in [6, 6.07) is 14.2. The van der Waals surface area contributed by atoms with Crippen molar-refractivity contribution in [2.75, 3.05) is 38.6 Å². The minimum atomic E-state index is -0.0129. The number of aryl methyl sites for hydroxylation is 2. The molecule has 0 saturated carbocycles. The number of rotatable bonds is 4. The standard InChI is InChI=1S/C21H27N3O2/c1-16-4-9-20(17(2)14-16)22-21(25)24-12-10-23(11-13-24)15-18-5-7-19(26-3)8-6-18/h4-9,14H,10-13,15H2,1-3H3,(H,22,25). The van der Waals surface area contributed by atoms with E-state index in [9.17, 15) is 4.79 Å². The summed E-state index contributed by atoms with van der Waals surface area (Å²) in [5.74, 6) is 0.877. The van der Waals surface area contributed by atoms with Gasteiger partial charge in [0.25, 0.3) is 0 Å². The Morgan fingerprint density at radius 3 is 2.35 bits per heavy atom. The van der Waals surface area contributed by atoms with Crippen molar-refractivity contribution in [3.05, 3.63) is 59.2 Å². The molecule has 2 aromatic rings. The zero-order chi connectivity index (χ0) is 18.5. The smallest absolute Gasteiger partial charge is 0.321 e. The van der Waals surface area contributed by atoms with Gasteiger partial charge in [0.2, 0.25) is 0 Å². The lowest BCUT2D eigenvalue weighted by Crippen LogP contribution is -2.49. The van der Waals surface area contributed by atoms with E-state index in [0.717, 1.165) is 49.7 Å². The van der Waals surface area contributed by atoms with Crippen molar-refractivity contribution in [3.8, 4) is 5.75 Å². The van der Waals surface area contributed by atoms with Gasteiger partial charge in [0, 0.05) is 38.4 Å². The van der Waals surface area contributed by atoms with E-state index in [2.05, 4.69) is 35.3 Å². The van der Waals surface area contributed by atoms with Crippen molar-refractivity contribution in [1.29, 1.82) is 0 Å². The lowest BCUT2D eigenvalue weighted by molar-refractivity contribution is 0.143. The molecule has 1 aliphatic heterocycles. The Morgan fingerprint density at radius 1 is 1.04 bits per heavy atom. The Hall–Kier alpha value is -2.53. The molecule has 1 fully saturated rings. The third kappa shape index (κ3) is 4.55. The van der Waals surface area contributed by atoms with Crippen LogP contribution in [0.3, 0.4) is 0 Å². The van der Waals surface area contributed by atoms with E-state index >= 15 is 0 Å². The van der Waals surface area contributed by atoms with Gasteiger partial charge in [0.05, 0.1) is 7.11 Å². The molecule has 0 atom stereocenters. The van der Waals surface area contributed by atoms with Crippen LogP contribution in [0.15, 0.2) is 42.5 Å². The molecule has 26 heavy (non-hydrogen) atoms. The Morgan fingerprint density at radius 2 is 1.73 bits per heavy atom. The monoisotopic (exact) mass is 353 g/mol. The van der Waals surface area contributed by atoms with Gasteiger partial charge in [0.15, 0.2) is 0 Å². The Kier molecular flexibility index (Phi) is 5.78. The molecule has 0 bridgehead atoms. The maximum Gasteiger partial charge on any atom is 0.321 e. The van der Waals surface area contributed by atoms with Gasteiger partial charge in [-0.2, -0.15) is 0 Å². The summed E-state index contributed by atoms with van der Waals surface area (Å²) in [6.45, 7) is 8.23. The van der Waals surface area contributed by atoms with Crippen LogP contribution in [0.4, 0.5) is 10.5 Å². The Bertz CT molecular complexity index is 750. The normalized spacial score (nSPS) is 15.0. The number of piperazine rings is 1. The van der Waals surface area contributed by atoms with Gasteiger partial charge >= 0.3 is 6.03 Å². The molecule has 138 valence electrons. The van der Waals surface area contributed by atoms with Crippen molar-refractivity contribution in [2.45, 2.75) is 20.4 Å². The highest BCUT2D eigenvalue weighted by Crippen LogP contribution is 2.18. The van der Waals surface area contributed by atoms with E-state index in [1.165, 1.54) is 11.1 Å². The first-order chi connectivity index (χ1) is 12.5. The van der Waals surface area contributed by atoms with Crippen molar-refractivity contribution < 1.29 is 9.53 Å². The van der Waals surface area contributed by atoms with Crippen LogP contribution in [0.25, 0.3) is 0 Å². The van der Waals surface area contributed by atoms with E-state index in [-0.39, 0.29) is 6.03 Å².